The molecule has 13 heavy (non-hydrogen) atoms. The lowest BCUT2D eigenvalue weighted by atomic mass is 9.57. The fraction of sp³-hybridized carbons (Fsp3) is 0.909. The minimum atomic E-state index is -0.176. The van der Waals surface area contributed by atoms with Crippen LogP contribution in [0.3, 0.4) is 0 Å². The molecule has 3 unspecified atom stereocenters. The van der Waals surface area contributed by atoms with Crippen molar-refractivity contribution in [3.05, 3.63) is 0 Å². The van der Waals surface area contributed by atoms with Gasteiger partial charge < -0.3 is 4.74 Å². The Morgan fingerprint density at radius 2 is 1.77 bits per heavy atom. The highest BCUT2D eigenvalue weighted by Gasteiger charge is 2.59. The Balaban J connectivity index is 2.29. The number of ether oxygens (including phenoxy) is 1. The SMILES string of the molecule is CC(=O)C1(C)CC2OC2CC1(C)C. The van der Waals surface area contributed by atoms with Crippen LogP contribution in [0.5, 0.6) is 0 Å². The lowest BCUT2D eigenvalue weighted by Crippen LogP contribution is -2.45. The highest BCUT2D eigenvalue weighted by Crippen LogP contribution is 2.56. The van der Waals surface area contributed by atoms with E-state index in [1.807, 2.05) is 0 Å². The van der Waals surface area contributed by atoms with Gasteiger partial charge in [-0.2, -0.15) is 0 Å². The molecule has 2 aliphatic rings. The predicted molar refractivity (Wildman–Crippen MR) is 50.5 cm³/mol. The average Bonchev–Trinajstić information content (AvgIpc) is 2.64. The van der Waals surface area contributed by atoms with Gasteiger partial charge in [0.15, 0.2) is 0 Å². The summed E-state index contributed by atoms with van der Waals surface area (Å²) in [6.07, 6.45) is 2.78. The van der Waals surface area contributed by atoms with Gasteiger partial charge in [0, 0.05) is 5.41 Å². The van der Waals surface area contributed by atoms with Crippen molar-refractivity contribution >= 4 is 5.78 Å². The van der Waals surface area contributed by atoms with Crippen molar-refractivity contribution in [2.45, 2.75) is 52.7 Å². The van der Waals surface area contributed by atoms with Crippen molar-refractivity contribution in [3.63, 3.8) is 0 Å². The van der Waals surface area contributed by atoms with Gasteiger partial charge in [0.1, 0.15) is 5.78 Å². The number of rotatable bonds is 1. The molecule has 1 aliphatic carbocycles. The third-order valence-corrected chi connectivity index (χ3v) is 4.28. The van der Waals surface area contributed by atoms with E-state index in [0.717, 1.165) is 12.8 Å². The van der Waals surface area contributed by atoms with Crippen LogP contribution in [0.25, 0.3) is 0 Å². The molecule has 74 valence electrons. The van der Waals surface area contributed by atoms with Gasteiger partial charge in [-0.25, -0.2) is 0 Å². The summed E-state index contributed by atoms with van der Waals surface area (Å²) in [6.45, 7) is 8.18. The molecule has 1 heterocycles. The van der Waals surface area contributed by atoms with E-state index in [1.165, 1.54) is 0 Å². The molecule has 1 saturated heterocycles. The quantitative estimate of drug-likeness (QED) is 0.582. The average molecular weight is 182 g/mol. The Labute approximate surface area is 79.7 Å². The van der Waals surface area contributed by atoms with E-state index in [0.29, 0.717) is 18.0 Å². The largest absolute Gasteiger partial charge is 0.370 e. The molecule has 0 aromatic heterocycles. The molecular weight excluding hydrogens is 164 g/mol. The van der Waals surface area contributed by atoms with Gasteiger partial charge in [-0.3, -0.25) is 4.79 Å². The predicted octanol–water partition coefficient (Wildman–Crippen LogP) is 2.17. The molecule has 2 fully saturated rings. The Morgan fingerprint density at radius 1 is 1.23 bits per heavy atom. The first-order chi connectivity index (χ1) is 5.87. The molecule has 0 aromatic carbocycles. The van der Waals surface area contributed by atoms with Crippen LogP contribution in [-0.4, -0.2) is 18.0 Å². The number of hydrogen-bond donors (Lipinski definition) is 0. The van der Waals surface area contributed by atoms with Crippen LogP contribution < -0.4 is 0 Å². The molecule has 0 amide bonds. The smallest absolute Gasteiger partial charge is 0.136 e. The highest BCUT2D eigenvalue weighted by atomic mass is 16.6. The summed E-state index contributed by atoms with van der Waals surface area (Å²) in [5, 5.41) is 0. The normalized spacial score (nSPS) is 46.8. The molecule has 0 spiro atoms. The fourth-order valence-corrected chi connectivity index (χ4v) is 2.57. The van der Waals surface area contributed by atoms with Crippen molar-refractivity contribution in [1.29, 1.82) is 0 Å². The molecule has 2 heteroatoms. The van der Waals surface area contributed by atoms with Crippen molar-refractivity contribution in [1.82, 2.24) is 0 Å². The molecule has 1 saturated carbocycles. The summed E-state index contributed by atoms with van der Waals surface area (Å²) in [6, 6.07) is 0. The van der Waals surface area contributed by atoms with Gasteiger partial charge >= 0.3 is 0 Å². The van der Waals surface area contributed by atoms with Crippen molar-refractivity contribution in [2.75, 3.05) is 0 Å². The van der Waals surface area contributed by atoms with E-state index in [2.05, 4.69) is 20.8 Å². The van der Waals surface area contributed by atoms with Crippen LogP contribution >= 0.6 is 0 Å². The first-order valence-corrected chi connectivity index (χ1v) is 5.03. The zero-order chi connectivity index (χ0) is 9.85. The standard InChI is InChI=1S/C11H18O2/c1-7(12)11(4)6-9-8(13-9)5-10(11,2)3/h8-9H,5-6H2,1-4H3. The zero-order valence-corrected chi connectivity index (χ0v) is 8.89. The molecular formula is C11H18O2. The topological polar surface area (TPSA) is 29.6 Å². The number of hydrogen-bond acceptors (Lipinski definition) is 2. The monoisotopic (exact) mass is 182 g/mol. The number of carbonyl (C=O) groups excluding carboxylic acids is 1. The molecule has 2 rings (SSSR count). The Morgan fingerprint density at radius 3 is 2.31 bits per heavy atom. The van der Waals surface area contributed by atoms with Crippen LogP contribution in [0.2, 0.25) is 0 Å². The molecule has 0 bridgehead atoms. The summed E-state index contributed by atoms with van der Waals surface area (Å²) in [5.41, 5.74) is -0.0822. The van der Waals surface area contributed by atoms with Gasteiger partial charge in [0.05, 0.1) is 12.2 Å². The second-order valence-corrected chi connectivity index (χ2v) is 5.39. The lowest BCUT2D eigenvalue weighted by molar-refractivity contribution is -0.134. The van der Waals surface area contributed by atoms with Gasteiger partial charge in [-0.1, -0.05) is 20.8 Å². The third kappa shape index (κ3) is 1.15. The first kappa shape index (κ1) is 9.20. The maximum atomic E-state index is 11.6. The Hall–Kier alpha value is -0.370. The summed E-state index contributed by atoms with van der Waals surface area (Å²) in [7, 11) is 0. The van der Waals surface area contributed by atoms with Crippen molar-refractivity contribution in [3.8, 4) is 0 Å². The Kier molecular flexibility index (Phi) is 1.66. The lowest BCUT2D eigenvalue weighted by Gasteiger charge is -2.44. The second-order valence-electron chi connectivity index (χ2n) is 5.39. The van der Waals surface area contributed by atoms with Crippen LogP contribution in [0.1, 0.15) is 40.5 Å². The van der Waals surface area contributed by atoms with Gasteiger partial charge in [0.2, 0.25) is 0 Å². The summed E-state index contributed by atoms with van der Waals surface area (Å²) in [5.74, 6) is 0.312. The number of epoxide rings is 1. The molecule has 0 aromatic rings. The maximum absolute atomic E-state index is 11.6. The first-order valence-electron chi connectivity index (χ1n) is 5.03. The summed E-state index contributed by atoms with van der Waals surface area (Å²) in [4.78, 5) is 11.6. The summed E-state index contributed by atoms with van der Waals surface area (Å²) >= 11 is 0. The minimum absolute atomic E-state index is 0.0938. The van der Waals surface area contributed by atoms with Crippen LogP contribution in [0.15, 0.2) is 0 Å². The maximum Gasteiger partial charge on any atom is 0.136 e. The van der Waals surface area contributed by atoms with Crippen LogP contribution in [-0.2, 0) is 9.53 Å². The van der Waals surface area contributed by atoms with Crippen LogP contribution in [0, 0.1) is 10.8 Å². The molecule has 0 N–H and O–H groups in total. The number of carbonyl (C=O) groups is 1. The van der Waals surface area contributed by atoms with E-state index in [4.69, 9.17) is 4.74 Å². The molecule has 0 radical (unpaired) electrons. The van der Waals surface area contributed by atoms with E-state index in [1.54, 1.807) is 6.92 Å². The number of fused-ring (bicyclic) bond motifs is 1. The fourth-order valence-electron chi connectivity index (χ4n) is 2.57. The van der Waals surface area contributed by atoms with Crippen molar-refractivity contribution < 1.29 is 9.53 Å². The molecule has 3 atom stereocenters. The van der Waals surface area contributed by atoms with E-state index >= 15 is 0 Å². The van der Waals surface area contributed by atoms with Gasteiger partial charge in [-0.15, -0.1) is 0 Å². The van der Waals surface area contributed by atoms with Gasteiger partial charge in [0.25, 0.3) is 0 Å². The Bertz CT molecular complexity index is 257. The van der Waals surface area contributed by atoms with E-state index in [9.17, 15) is 4.79 Å². The summed E-state index contributed by atoms with van der Waals surface area (Å²) < 4.78 is 5.51. The van der Waals surface area contributed by atoms with Crippen molar-refractivity contribution in [2.24, 2.45) is 10.8 Å². The number of Topliss-reactive ketones (excluding diaryl/α,β-unsaturated/α-hetero) is 1. The van der Waals surface area contributed by atoms with E-state index < -0.39 is 0 Å². The second kappa shape index (κ2) is 2.35. The molecule has 2 nitrogen and oxygen atoms in total. The zero-order valence-electron chi connectivity index (χ0n) is 8.89. The van der Waals surface area contributed by atoms with Gasteiger partial charge in [-0.05, 0) is 25.2 Å². The third-order valence-electron chi connectivity index (χ3n) is 4.28. The minimum Gasteiger partial charge on any atom is -0.370 e. The molecule has 1 aliphatic heterocycles. The number of ketones is 1. The highest BCUT2D eigenvalue weighted by molar-refractivity contribution is 5.83. The van der Waals surface area contributed by atoms with Crippen LogP contribution in [0.4, 0.5) is 0 Å². The van der Waals surface area contributed by atoms with E-state index in [-0.39, 0.29) is 10.8 Å².